The third kappa shape index (κ3) is 6.72. The van der Waals surface area contributed by atoms with Crippen molar-refractivity contribution in [3.05, 3.63) is 0 Å². The minimum absolute atomic E-state index is 0.0358. The summed E-state index contributed by atoms with van der Waals surface area (Å²) in [6, 6.07) is 0. The molecule has 8 heteroatoms. The first-order valence-electron chi connectivity index (χ1n) is 3.99. The van der Waals surface area contributed by atoms with Gasteiger partial charge in [-0.15, -0.1) is 0 Å². The van der Waals surface area contributed by atoms with Crippen LogP contribution in [0.3, 0.4) is 0 Å². The van der Waals surface area contributed by atoms with Crippen LogP contribution in [0.25, 0.3) is 0 Å². The van der Waals surface area contributed by atoms with Crippen LogP contribution in [-0.4, -0.2) is 54.7 Å². The molecule has 5 nitrogen and oxygen atoms in total. The molecule has 0 aromatic heterocycles. The first-order valence-corrected chi connectivity index (χ1v) is 3.99. The summed E-state index contributed by atoms with van der Waals surface area (Å²) >= 11 is 0. The van der Waals surface area contributed by atoms with E-state index in [1.807, 2.05) is 0 Å². The second-order valence-electron chi connectivity index (χ2n) is 2.89. The van der Waals surface area contributed by atoms with Gasteiger partial charge in [-0.25, -0.2) is 0 Å². The van der Waals surface area contributed by atoms with E-state index in [1.165, 1.54) is 11.9 Å². The molecule has 88 valence electrons. The number of likely N-dealkylation sites (N-methyl/N-ethyl adjacent to an activating group) is 1. The van der Waals surface area contributed by atoms with Crippen molar-refractivity contribution >= 4 is 11.9 Å². The predicted molar refractivity (Wildman–Crippen MR) is 44.2 cm³/mol. The number of hydrogen-bond acceptors (Lipinski definition) is 3. The van der Waals surface area contributed by atoms with Gasteiger partial charge in [0.15, 0.2) is 0 Å². The molecule has 0 aromatic rings. The third-order valence-electron chi connectivity index (χ3n) is 1.44. The molecule has 0 aromatic carbocycles. The van der Waals surface area contributed by atoms with Crippen molar-refractivity contribution in [3.63, 3.8) is 0 Å². The van der Waals surface area contributed by atoms with Crippen LogP contribution in [0.5, 0.6) is 0 Å². The zero-order chi connectivity index (χ0) is 12.1. The molecule has 0 unspecified atom stereocenters. The highest BCUT2D eigenvalue weighted by molar-refractivity contribution is 5.81. The SMILES string of the molecule is CN(CCNC(=O)C(F)(F)F)CC(=O)O. The number of aliphatic carboxylic acids is 1. The highest BCUT2D eigenvalue weighted by atomic mass is 19.4. The zero-order valence-corrected chi connectivity index (χ0v) is 7.97. The van der Waals surface area contributed by atoms with Crippen LogP contribution < -0.4 is 5.32 Å². The third-order valence-corrected chi connectivity index (χ3v) is 1.44. The summed E-state index contributed by atoms with van der Waals surface area (Å²) in [7, 11) is 1.42. The van der Waals surface area contributed by atoms with E-state index in [9.17, 15) is 22.8 Å². The van der Waals surface area contributed by atoms with E-state index in [1.54, 1.807) is 5.32 Å². The average Bonchev–Trinajstić information content (AvgIpc) is 2.00. The lowest BCUT2D eigenvalue weighted by Crippen LogP contribution is -2.41. The smallest absolute Gasteiger partial charge is 0.471 e. The largest absolute Gasteiger partial charge is 0.480 e. The van der Waals surface area contributed by atoms with E-state index in [2.05, 4.69) is 0 Å². The Bertz CT molecular complexity index is 242. The molecule has 0 atom stereocenters. The highest BCUT2D eigenvalue weighted by Crippen LogP contribution is 2.13. The number of carbonyl (C=O) groups excluding carboxylic acids is 1. The number of carbonyl (C=O) groups is 2. The fraction of sp³-hybridized carbons (Fsp3) is 0.714. The van der Waals surface area contributed by atoms with Crippen LogP contribution in [0.1, 0.15) is 0 Å². The standard InChI is InChI=1S/C7H11F3N2O3/c1-12(4-5(13)14)3-2-11-6(15)7(8,9)10/h2-4H2,1H3,(H,11,15)(H,13,14). The molecule has 2 N–H and O–H groups in total. The lowest BCUT2D eigenvalue weighted by molar-refractivity contribution is -0.173. The Hall–Kier alpha value is -1.31. The molecule has 0 fully saturated rings. The maximum absolute atomic E-state index is 11.7. The van der Waals surface area contributed by atoms with Gasteiger partial charge in [0, 0.05) is 13.1 Å². The van der Waals surface area contributed by atoms with Gasteiger partial charge in [-0.2, -0.15) is 13.2 Å². The first-order chi connectivity index (χ1) is 6.73. The molecule has 0 aliphatic carbocycles. The van der Waals surface area contributed by atoms with E-state index in [4.69, 9.17) is 5.11 Å². The first kappa shape index (κ1) is 13.7. The Morgan fingerprint density at radius 1 is 1.40 bits per heavy atom. The summed E-state index contributed by atoms with van der Waals surface area (Å²) in [5.41, 5.74) is 0. The fourth-order valence-electron chi connectivity index (χ4n) is 0.770. The number of hydrogen-bond donors (Lipinski definition) is 2. The van der Waals surface area contributed by atoms with Crippen LogP contribution in [0, 0.1) is 0 Å². The number of nitrogens with one attached hydrogen (secondary N) is 1. The molecule has 0 heterocycles. The van der Waals surface area contributed by atoms with Crippen LogP contribution in [0.15, 0.2) is 0 Å². The van der Waals surface area contributed by atoms with Gasteiger partial charge in [0.25, 0.3) is 0 Å². The van der Waals surface area contributed by atoms with E-state index < -0.39 is 18.1 Å². The molecule has 0 radical (unpaired) electrons. The van der Waals surface area contributed by atoms with Gasteiger partial charge >= 0.3 is 18.1 Å². The number of halogens is 3. The molecule has 0 saturated heterocycles. The van der Waals surface area contributed by atoms with Crippen molar-refractivity contribution in [3.8, 4) is 0 Å². The number of nitrogens with zero attached hydrogens (tertiary/aromatic N) is 1. The van der Waals surface area contributed by atoms with Crippen molar-refractivity contribution in [2.45, 2.75) is 6.18 Å². The van der Waals surface area contributed by atoms with Crippen molar-refractivity contribution in [2.24, 2.45) is 0 Å². The van der Waals surface area contributed by atoms with Crippen molar-refractivity contribution in [1.29, 1.82) is 0 Å². The molecule has 0 aliphatic heterocycles. The Balaban J connectivity index is 3.71. The van der Waals surface area contributed by atoms with Crippen LogP contribution in [0.2, 0.25) is 0 Å². The van der Waals surface area contributed by atoms with Crippen LogP contribution in [0.4, 0.5) is 13.2 Å². The second-order valence-corrected chi connectivity index (χ2v) is 2.89. The number of amides is 1. The molecular formula is C7H11F3N2O3. The monoisotopic (exact) mass is 228 g/mol. The predicted octanol–water partition coefficient (Wildman–Crippen LogP) is -0.319. The highest BCUT2D eigenvalue weighted by Gasteiger charge is 2.38. The van der Waals surface area contributed by atoms with Crippen LogP contribution in [-0.2, 0) is 9.59 Å². The minimum atomic E-state index is -4.90. The average molecular weight is 228 g/mol. The zero-order valence-electron chi connectivity index (χ0n) is 7.97. The summed E-state index contributed by atoms with van der Waals surface area (Å²) in [4.78, 5) is 21.7. The van der Waals surface area contributed by atoms with Gasteiger partial charge in [-0.05, 0) is 7.05 Å². The van der Waals surface area contributed by atoms with Crippen LogP contribution >= 0.6 is 0 Å². The molecule has 0 aliphatic rings. The summed E-state index contributed by atoms with van der Waals surface area (Å²) in [5, 5.41) is 9.94. The lowest BCUT2D eigenvalue weighted by Gasteiger charge is -2.14. The minimum Gasteiger partial charge on any atom is -0.480 e. The number of carboxylic acid groups (broad SMARTS) is 1. The molecular weight excluding hydrogens is 217 g/mol. The van der Waals surface area contributed by atoms with E-state index in [0.717, 1.165) is 0 Å². The van der Waals surface area contributed by atoms with Gasteiger partial charge in [-0.1, -0.05) is 0 Å². The van der Waals surface area contributed by atoms with Gasteiger partial charge < -0.3 is 10.4 Å². The second kappa shape index (κ2) is 5.54. The van der Waals surface area contributed by atoms with E-state index >= 15 is 0 Å². The fourth-order valence-corrected chi connectivity index (χ4v) is 0.770. The Morgan fingerprint density at radius 3 is 2.33 bits per heavy atom. The summed E-state index contributed by atoms with van der Waals surface area (Å²) < 4.78 is 35.0. The molecule has 0 rings (SSSR count). The topological polar surface area (TPSA) is 69.6 Å². The molecule has 15 heavy (non-hydrogen) atoms. The Morgan fingerprint density at radius 2 is 1.93 bits per heavy atom. The molecule has 0 bridgehead atoms. The van der Waals surface area contributed by atoms with Gasteiger partial charge in [-0.3, -0.25) is 14.5 Å². The van der Waals surface area contributed by atoms with Crippen molar-refractivity contribution in [1.82, 2.24) is 10.2 Å². The number of rotatable bonds is 5. The summed E-state index contributed by atoms with van der Waals surface area (Å²) in [6.45, 7) is -0.502. The van der Waals surface area contributed by atoms with Gasteiger partial charge in [0.1, 0.15) is 0 Å². The number of carboxylic acids is 1. The van der Waals surface area contributed by atoms with Crippen molar-refractivity contribution < 1.29 is 27.9 Å². The normalized spacial score (nSPS) is 11.5. The van der Waals surface area contributed by atoms with Crippen molar-refractivity contribution in [2.75, 3.05) is 26.7 Å². The summed E-state index contributed by atoms with van der Waals surface area (Å²) in [6.07, 6.45) is -4.90. The van der Waals surface area contributed by atoms with E-state index in [0.29, 0.717) is 0 Å². The molecule has 1 amide bonds. The molecule has 0 spiro atoms. The number of alkyl halides is 3. The lowest BCUT2D eigenvalue weighted by atomic mass is 10.5. The maximum Gasteiger partial charge on any atom is 0.471 e. The Kier molecular flexibility index (Phi) is 5.06. The quantitative estimate of drug-likeness (QED) is 0.676. The van der Waals surface area contributed by atoms with Gasteiger partial charge in [0.2, 0.25) is 0 Å². The Labute approximate surface area is 83.9 Å². The van der Waals surface area contributed by atoms with E-state index in [-0.39, 0.29) is 19.6 Å². The summed E-state index contributed by atoms with van der Waals surface area (Å²) in [5.74, 6) is -3.11. The molecule has 0 saturated carbocycles. The maximum atomic E-state index is 11.7. The van der Waals surface area contributed by atoms with Gasteiger partial charge in [0.05, 0.1) is 6.54 Å².